The molecule has 1 unspecified atom stereocenters. The molecule has 1 aliphatic rings. The molecule has 7 heteroatoms. The Balaban J connectivity index is 1.53. The molecule has 0 fully saturated rings. The van der Waals surface area contributed by atoms with Gasteiger partial charge in [0.2, 0.25) is 0 Å². The van der Waals surface area contributed by atoms with E-state index in [-0.39, 0.29) is 6.54 Å². The van der Waals surface area contributed by atoms with E-state index < -0.39 is 17.4 Å². The van der Waals surface area contributed by atoms with Crippen LogP contribution in [0.2, 0.25) is 0 Å². The zero-order valence-corrected chi connectivity index (χ0v) is 17.4. The number of para-hydroxylation sites is 1. The third-order valence-corrected chi connectivity index (χ3v) is 5.43. The van der Waals surface area contributed by atoms with Gasteiger partial charge in [-0.3, -0.25) is 9.59 Å². The van der Waals surface area contributed by atoms with Crippen molar-refractivity contribution in [3.05, 3.63) is 71.0 Å². The Morgan fingerprint density at radius 2 is 1.90 bits per heavy atom. The lowest BCUT2D eigenvalue weighted by Crippen LogP contribution is -2.58. The van der Waals surface area contributed by atoms with Gasteiger partial charge in [-0.25, -0.2) is 4.68 Å². The van der Waals surface area contributed by atoms with Gasteiger partial charge < -0.3 is 15.4 Å². The summed E-state index contributed by atoms with van der Waals surface area (Å²) in [5.41, 5.74) is 3.51. The number of amides is 2. The first-order chi connectivity index (χ1) is 14.3. The van der Waals surface area contributed by atoms with Crippen LogP contribution in [-0.2, 0) is 16.1 Å². The summed E-state index contributed by atoms with van der Waals surface area (Å²) in [5, 5.41) is 10.2. The monoisotopic (exact) mass is 404 g/mol. The predicted octanol–water partition coefficient (Wildman–Crippen LogP) is 3.20. The number of benzene rings is 2. The molecule has 2 N–H and O–H groups in total. The summed E-state index contributed by atoms with van der Waals surface area (Å²) in [4.78, 5) is 25.6. The zero-order valence-electron chi connectivity index (χ0n) is 17.4. The Kier molecular flexibility index (Phi) is 4.81. The fourth-order valence-corrected chi connectivity index (χ4v) is 3.58. The van der Waals surface area contributed by atoms with Gasteiger partial charge in [0.15, 0.2) is 0 Å². The molecule has 1 aliphatic heterocycles. The maximum Gasteiger partial charge on any atom is 0.278 e. The van der Waals surface area contributed by atoms with Crippen LogP contribution in [0, 0.1) is 20.8 Å². The number of fused-ring (bicyclic) bond motifs is 1. The summed E-state index contributed by atoms with van der Waals surface area (Å²) >= 11 is 0. The second kappa shape index (κ2) is 7.33. The number of hydrogen-bond acceptors (Lipinski definition) is 4. The third kappa shape index (κ3) is 3.32. The molecule has 4 rings (SSSR count). The molecule has 0 radical (unpaired) electrons. The number of rotatable bonds is 4. The fourth-order valence-electron chi connectivity index (χ4n) is 3.58. The second-order valence-electron chi connectivity index (χ2n) is 7.67. The van der Waals surface area contributed by atoms with Crippen molar-refractivity contribution in [1.82, 2.24) is 15.1 Å². The Labute approximate surface area is 175 Å². The third-order valence-electron chi connectivity index (χ3n) is 5.43. The highest BCUT2D eigenvalue weighted by Crippen LogP contribution is 2.34. The molecule has 0 aliphatic carbocycles. The molecule has 0 spiro atoms. The van der Waals surface area contributed by atoms with E-state index in [0.717, 1.165) is 28.2 Å². The molecule has 2 heterocycles. The van der Waals surface area contributed by atoms with E-state index in [2.05, 4.69) is 15.7 Å². The first kappa shape index (κ1) is 19.7. The number of nitrogens with one attached hydrogen (secondary N) is 2. The lowest BCUT2D eigenvalue weighted by Gasteiger charge is -2.33. The van der Waals surface area contributed by atoms with E-state index in [1.54, 1.807) is 6.07 Å². The minimum absolute atomic E-state index is 0.246. The first-order valence-electron chi connectivity index (χ1n) is 9.79. The lowest BCUT2D eigenvalue weighted by molar-refractivity contribution is -0.146. The van der Waals surface area contributed by atoms with Crippen molar-refractivity contribution in [2.45, 2.75) is 39.8 Å². The van der Waals surface area contributed by atoms with E-state index in [4.69, 9.17) is 4.74 Å². The Morgan fingerprint density at radius 3 is 2.63 bits per heavy atom. The van der Waals surface area contributed by atoms with Gasteiger partial charge in [0.1, 0.15) is 5.75 Å². The molecular formula is C23H24N4O3. The van der Waals surface area contributed by atoms with Gasteiger partial charge in [-0.1, -0.05) is 24.3 Å². The van der Waals surface area contributed by atoms with Gasteiger partial charge in [-0.05, 0) is 57.5 Å². The summed E-state index contributed by atoms with van der Waals surface area (Å²) in [6, 6.07) is 15.2. The van der Waals surface area contributed by atoms with Crippen LogP contribution in [0.4, 0.5) is 5.69 Å². The standard InChI is InChI=1S/C23H24N4O3/c1-14-10-11-20-19(12-14)25-22(29)23(4,30-20)21(28)24-13-18-15(2)26-27(16(18)3)17-8-6-5-7-9-17/h5-12H,13H2,1-4H3,(H,24,28)(H,25,29). The lowest BCUT2D eigenvalue weighted by atomic mass is 10.0. The van der Waals surface area contributed by atoms with E-state index >= 15 is 0 Å². The van der Waals surface area contributed by atoms with Gasteiger partial charge >= 0.3 is 0 Å². The molecule has 0 saturated heterocycles. The van der Waals surface area contributed by atoms with Crippen LogP contribution >= 0.6 is 0 Å². The van der Waals surface area contributed by atoms with E-state index in [1.807, 2.05) is 67.9 Å². The molecule has 0 saturated carbocycles. The van der Waals surface area contributed by atoms with E-state index in [9.17, 15) is 9.59 Å². The fraction of sp³-hybridized carbons (Fsp3) is 0.261. The van der Waals surface area contributed by atoms with E-state index in [0.29, 0.717) is 11.4 Å². The Morgan fingerprint density at radius 1 is 1.17 bits per heavy atom. The molecule has 3 aromatic rings. The number of anilines is 1. The van der Waals surface area contributed by atoms with Crippen LogP contribution in [0.5, 0.6) is 5.75 Å². The van der Waals surface area contributed by atoms with Crippen molar-refractivity contribution >= 4 is 17.5 Å². The summed E-state index contributed by atoms with van der Waals surface area (Å²) < 4.78 is 7.68. The summed E-state index contributed by atoms with van der Waals surface area (Å²) in [5.74, 6) is -0.522. The number of ether oxygens (including phenoxy) is 1. The van der Waals surface area contributed by atoms with Crippen LogP contribution in [0.1, 0.15) is 29.4 Å². The van der Waals surface area contributed by atoms with Crippen molar-refractivity contribution in [2.24, 2.45) is 0 Å². The first-order valence-corrected chi connectivity index (χ1v) is 9.79. The molecule has 0 bridgehead atoms. The number of aryl methyl sites for hydroxylation is 2. The zero-order chi connectivity index (χ0) is 21.5. The number of carbonyl (C=O) groups excluding carboxylic acids is 2. The van der Waals surface area contributed by atoms with Crippen molar-refractivity contribution in [2.75, 3.05) is 5.32 Å². The number of aromatic nitrogens is 2. The number of hydrogen-bond donors (Lipinski definition) is 2. The van der Waals surface area contributed by atoms with Crippen LogP contribution in [0.15, 0.2) is 48.5 Å². The maximum absolute atomic E-state index is 13.0. The molecule has 1 atom stereocenters. The molecule has 1 aromatic heterocycles. The summed E-state index contributed by atoms with van der Waals surface area (Å²) in [6.07, 6.45) is 0. The molecule has 7 nitrogen and oxygen atoms in total. The average Bonchev–Trinajstić information content (AvgIpc) is 3.01. The van der Waals surface area contributed by atoms with Crippen molar-refractivity contribution in [3.63, 3.8) is 0 Å². The highest BCUT2D eigenvalue weighted by molar-refractivity contribution is 6.15. The largest absolute Gasteiger partial charge is 0.466 e. The van der Waals surface area contributed by atoms with Crippen molar-refractivity contribution in [3.8, 4) is 11.4 Å². The Bertz CT molecular complexity index is 1140. The number of nitrogens with zero attached hydrogens (tertiary/aromatic N) is 2. The van der Waals surface area contributed by atoms with Crippen LogP contribution < -0.4 is 15.4 Å². The van der Waals surface area contributed by atoms with Crippen molar-refractivity contribution < 1.29 is 14.3 Å². The SMILES string of the molecule is Cc1ccc2c(c1)NC(=O)C(C)(C(=O)NCc1c(C)nn(-c3ccccc3)c1C)O2. The van der Waals surface area contributed by atoms with Crippen LogP contribution in [-0.4, -0.2) is 27.2 Å². The van der Waals surface area contributed by atoms with Gasteiger partial charge in [-0.15, -0.1) is 0 Å². The Hall–Kier alpha value is -3.61. The smallest absolute Gasteiger partial charge is 0.278 e. The van der Waals surface area contributed by atoms with Gasteiger partial charge in [0, 0.05) is 17.8 Å². The van der Waals surface area contributed by atoms with Gasteiger partial charge in [-0.2, -0.15) is 5.10 Å². The summed E-state index contributed by atoms with van der Waals surface area (Å²) in [6.45, 7) is 7.51. The minimum Gasteiger partial charge on any atom is -0.466 e. The molecule has 154 valence electrons. The van der Waals surface area contributed by atoms with Gasteiger partial charge in [0.05, 0.1) is 17.1 Å². The van der Waals surface area contributed by atoms with Crippen LogP contribution in [0.3, 0.4) is 0 Å². The molecule has 30 heavy (non-hydrogen) atoms. The molecule has 2 aromatic carbocycles. The van der Waals surface area contributed by atoms with Crippen molar-refractivity contribution in [1.29, 1.82) is 0 Å². The highest BCUT2D eigenvalue weighted by Gasteiger charge is 2.47. The maximum atomic E-state index is 13.0. The molecular weight excluding hydrogens is 380 g/mol. The van der Waals surface area contributed by atoms with Crippen LogP contribution in [0.25, 0.3) is 5.69 Å². The summed E-state index contributed by atoms with van der Waals surface area (Å²) in [7, 11) is 0. The highest BCUT2D eigenvalue weighted by atomic mass is 16.5. The van der Waals surface area contributed by atoms with Gasteiger partial charge in [0.25, 0.3) is 17.4 Å². The number of carbonyl (C=O) groups is 2. The van der Waals surface area contributed by atoms with E-state index in [1.165, 1.54) is 6.92 Å². The molecule has 2 amide bonds. The predicted molar refractivity (Wildman–Crippen MR) is 114 cm³/mol. The minimum atomic E-state index is -1.65. The quantitative estimate of drug-likeness (QED) is 0.654. The normalized spacial score (nSPS) is 17.7. The topological polar surface area (TPSA) is 85.3 Å². The average molecular weight is 404 g/mol. The second-order valence-corrected chi connectivity index (χ2v) is 7.67.